The van der Waals surface area contributed by atoms with Crippen molar-refractivity contribution in [1.29, 1.82) is 0 Å². The monoisotopic (exact) mass is 303 g/mol. The van der Waals surface area contributed by atoms with Gasteiger partial charge in [0.05, 0.1) is 12.3 Å². The van der Waals surface area contributed by atoms with Crippen LogP contribution in [0.3, 0.4) is 0 Å². The summed E-state index contributed by atoms with van der Waals surface area (Å²) in [4.78, 5) is 11.1. The summed E-state index contributed by atoms with van der Waals surface area (Å²) in [7, 11) is -1.77. The van der Waals surface area contributed by atoms with Crippen LogP contribution in [0.25, 0.3) is 5.70 Å². The standard InChI is InChI=1S/C17H25NO2Si/c1-17(2,3)21(4,5)20-13-15-9-7-11-18(15)16-10-6-8-14(16)12-19/h6-7,9-12H,8,13H2,1-5H3. The molecule has 4 heteroatoms. The van der Waals surface area contributed by atoms with Gasteiger partial charge in [0.15, 0.2) is 8.32 Å². The number of carbonyl (C=O) groups excluding carboxylic acids is 1. The van der Waals surface area contributed by atoms with Crippen LogP contribution < -0.4 is 0 Å². The van der Waals surface area contributed by atoms with E-state index < -0.39 is 8.32 Å². The maximum Gasteiger partial charge on any atom is 0.192 e. The molecular formula is C17H25NO2Si. The lowest BCUT2D eigenvalue weighted by molar-refractivity contribution is -0.104. The van der Waals surface area contributed by atoms with Crippen molar-refractivity contribution in [1.82, 2.24) is 4.57 Å². The molecule has 0 saturated heterocycles. The van der Waals surface area contributed by atoms with E-state index in [9.17, 15) is 4.79 Å². The van der Waals surface area contributed by atoms with Crippen molar-refractivity contribution in [2.75, 3.05) is 0 Å². The summed E-state index contributed by atoms with van der Waals surface area (Å²) in [6.07, 6.45) is 7.71. The zero-order chi connectivity index (χ0) is 15.7. The molecule has 0 spiro atoms. The SMILES string of the molecule is CC(C)(C)[Si](C)(C)OCc1cccn1C1=C(C=O)CC=C1. The third kappa shape index (κ3) is 3.27. The van der Waals surface area contributed by atoms with Crippen molar-refractivity contribution >= 4 is 20.3 Å². The van der Waals surface area contributed by atoms with Crippen LogP contribution in [0.1, 0.15) is 32.9 Å². The molecule has 0 fully saturated rings. The van der Waals surface area contributed by atoms with E-state index >= 15 is 0 Å². The number of aldehydes is 1. The predicted octanol–water partition coefficient (Wildman–Crippen LogP) is 4.38. The summed E-state index contributed by atoms with van der Waals surface area (Å²) in [6, 6.07) is 4.07. The highest BCUT2D eigenvalue weighted by molar-refractivity contribution is 6.74. The normalized spacial score (nSPS) is 15.9. The van der Waals surface area contributed by atoms with Gasteiger partial charge >= 0.3 is 0 Å². The molecule has 0 N–H and O–H groups in total. The van der Waals surface area contributed by atoms with E-state index in [2.05, 4.69) is 44.5 Å². The minimum Gasteiger partial charge on any atom is -0.411 e. The first-order chi connectivity index (χ1) is 9.76. The Balaban J connectivity index is 2.19. The maximum atomic E-state index is 11.1. The summed E-state index contributed by atoms with van der Waals surface area (Å²) >= 11 is 0. The van der Waals surface area contributed by atoms with Gasteiger partial charge in [-0.15, -0.1) is 0 Å². The molecule has 0 atom stereocenters. The Labute approximate surface area is 128 Å². The van der Waals surface area contributed by atoms with Gasteiger partial charge in [-0.05, 0) is 42.8 Å². The summed E-state index contributed by atoms with van der Waals surface area (Å²) < 4.78 is 8.36. The van der Waals surface area contributed by atoms with Crippen LogP contribution >= 0.6 is 0 Å². The summed E-state index contributed by atoms with van der Waals surface area (Å²) in [6.45, 7) is 11.8. The number of rotatable bonds is 5. The molecule has 114 valence electrons. The van der Waals surface area contributed by atoms with Crippen LogP contribution in [-0.4, -0.2) is 19.2 Å². The van der Waals surface area contributed by atoms with Crippen LogP contribution in [-0.2, 0) is 15.8 Å². The maximum absolute atomic E-state index is 11.1. The molecule has 0 unspecified atom stereocenters. The fourth-order valence-corrected chi connectivity index (χ4v) is 3.03. The largest absolute Gasteiger partial charge is 0.411 e. The first-order valence-corrected chi connectivity index (χ1v) is 10.3. The molecule has 0 saturated carbocycles. The van der Waals surface area contributed by atoms with Gasteiger partial charge in [0.25, 0.3) is 0 Å². The minimum atomic E-state index is -1.77. The summed E-state index contributed by atoms with van der Waals surface area (Å²) in [5.74, 6) is 0. The molecule has 0 aliphatic heterocycles. The van der Waals surface area contributed by atoms with Crippen molar-refractivity contribution in [3.63, 3.8) is 0 Å². The lowest BCUT2D eigenvalue weighted by atomic mass is 10.2. The highest BCUT2D eigenvalue weighted by Gasteiger charge is 2.37. The average Bonchev–Trinajstić information content (AvgIpc) is 3.02. The van der Waals surface area contributed by atoms with E-state index in [1.165, 1.54) is 0 Å². The van der Waals surface area contributed by atoms with Gasteiger partial charge in [-0.1, -0.05) is 26.8 Å². The quantitative estimate of drug-likeness (QED) is 0.597. The molecule has 2 rings (SSSR count). The number of allylic oxidation sites excluding steroid dienone is 4. The van der Waals surface area contributed by atoms with E-state index in [4.69, 9.17) is 4.43 Å². The van der Waals surface area contributed by atoms with Gasteiger partial charge in [0, 0.05) is 17.5 Å². The third-order valence-corrected chi connectivity index (χ3v) is 9.04. The van der Waals surface area contributed by atoms with Crippen LogP contribution in [0.4, 0.5) is 0 Å². The predicted molar refractivity (Wildman–Crippen MR) is 89.5 cm³/mol. The molecule has 1 aromatic heterocycles. The molecule has 0 aromatic carbocycles. The first kappa shape index (κ1) is 16.0. The van der Waals surface area contributed by atoms with Gasteiger partial charge in [-0.2, -0.15) is 0 Å². The van der Waals surface area contributed by atoms with E-state index in [0.29, 0.717) is 6.61 Å². The van der Waals surface area contributed by atoms with Crippen molar-refractivity contribution < 1.29 is 9.22 Å². The number of hydrogen-bond donors (Lipinski definition) is 0. The molecule has 0 radical (unpaired) electrons. The molecule has 3 nitrogen and oxygen atoms in total. The number of carbonyl (C=O) groups is 1. The van der Waals surface area contributed by atoms with Gasteiger partial charge in [-0.25, -0.2) is 0 Å². The van der Waals surface area contributed by atoms with Crippen LogP contribution in [0.15, 0.2) is 36.1 Å². The second-order valence-electron chi connectivity index (χ2n) is 7.05. The molecule has 1 aliphatic rings. The first-order valence-electron chi connectivity index (χ1n) is 7.42. The second kappa shape index (κ2) is 5.77. The van der Waals surface area contributed by atoms with Crippen LogP contribution in [0.2, 0.25) is 18.1 Å². The van der Waals surface area contributed by atoms with Crippen molar-refractivity contribution in [2.45, 2.75) is 51.9 Å². The van der Waals surface area contributed by atoms with E-state index in [-0.39, 0.29) is 5.04 Å². The lowest BCUT2D eigenvalue weighted by Crippen LogP contribution is -2.40. The fraction of sp³-hybridized carbons (Fsp3) is 0.471. The topological polar surface area (TPSA) is 31.2 Å². The van der Waals surface area contributed by atoms with Crippen LogP contribution in [0, 0.1) is 0 Å². The zero-order valence-corrected chi connectivity index (χ0v) is 14.6. The molecule has 1 aliphatic carbocycles. The van der Waals surface area contributed by atoms with Crippen molar-refractivity contribution in [3.8, 4) is 0 Å². The molecule has 21 heavy (non-hydrogen) atoms. The second-order valence-corrected chi connectivity index (χ2v) is 11.9. The third-order valence-electron chi connectivity index (χ3n) is 4.56. The summed E-state index contributed by atoms with van der Waals surface area (Å²) in [5.41, 5.74) is 2.91. The number of nitrogens with zero attached hydrogens (tertiary/aromatic N) is 1. The Morgan fingerprint density at radius 2 is 2.10 bits per heavy atom. The van der Waals surface area contributed by atoms with E-state index in [1.54, 1.807) is 0 Å². The van der Waals surface area contributed by atoms with E-state index in [1.807, 2.05) is 24.4 Å². The number of aromatic nitrogens is 1. The van der Waals surface area contributed by atoms with Crippen molar-refractivity contribution in [3.05, 3.63) is 41.7 Å². The summed E-state index contributed by atoms with van der Waals surface area (Å²) in [5, 5.41) is 0.199. The fourth-order valence-electron chi connectivity index (χ4n) is 2.09. The molecule has 1 heterocycles. The molecule has 0 bridgehead atoms. The number of hydrogen-bond acceptors (Lipinski definition) is 2. The molecule has 0 amide bonds. The highest BCUT2D eigenvalue weighted by atomic mass is 28.4. The van der Waals surface area contributed by atoms with Gasteiger partial charge in [0.1, 0.15) is 6.29 Å². The smallest absolute Gasteiger partial charge is 0.192 e. The Kier molecular flexibility index (Phi) is 4.40. The Hall–Kier alpha value is -1.39. The van der Waals surface area contributed by atoms with Gasteiger partial charge in [0.2, 0.25) is 0 Å². The Morgan fingerprint density at radius 1 is 1.38 bits per heavy atom. The Morgan fingerprint density at radius 3 is 2.71 bits per heavy atom. The van der Waals surface area contributed by atoms with Gasteiger partial charge in [-0.3, -0.25) is 4.79 Å². The van der Waals surface area contributed by atoms with Gasteiger partial charge < -0.3 is 8.99 Å². The Bertz CT molecular complexity index is 588. The zero-order valence-electron chi connectivity index (χ0n) is 13.6. The highest BCUT2D eigenvalue weighted by Crippen LogP contribution is 2.37. The average molecular weight is 303 g/mol. The lowest BCUT2D eigenvalue weighted by Gasteiger charge is -2.36. The molecular weight excluding hydrogens is 278 g/mol. The van der Waals surface area contributed by atoms with E-state index in [0.717, 1.165) is 29.7 Å². The van der Waals surface area contributed by atoms with Crippen molar-refractivity contribution in [2.24, 2.45) is 0 Å². The van der Waals surface area contributed by atoms with Crippen LogP contribution in [0.5, 0.6) is 0 Å². The minimum absolute atomic E-state index is 0.199. The molecule has 1 aromatic rings.